The second kappa shape index (κ2) is 9.38. The average Bonchev–Trinajstić information content (AvgIpc) is 2.56. The molecule has 1 heterocycles. The van der Waals surface area contributed by atoms with Crippen molar-refractivity contribution in [3.05, 3.63) is 28.8 Å². The Labute approximate surface area is 159 Å². The van der Waals surface area contributed by atoms with Gasteiger partial charge in [0, 0.05) is 32.0 Å². The van der Waals surface area contributed by atoms with E-state index in [2.05, 4.69) is 5.32 Å². The Balaban J connectivity index is 0.00000312. The topological polar surface area (TPSA) is 84.7 Å². The molecule has 0 radical (unpaired) electrons. The highest BCUT2D eigenvalue weighted by Crippen LogP contribution is 2.25. The van der Waals surface area contributed by atoms with Crippen molar-refractivity contribution in [2.45, 2.75) is 32.2 Å². The third kappa shape index (κ3) is 5.07. The maximum atomic E-state index is 12.4. The van der Waals surface area contributed by atoms with Gasteiger partial charge in [0.05, 0.1) is 10.6 Å². The fourth-order valence-corrected chi connectivity index (χ4v) is 2.93. The number of nitrogens with two attached hydrogens (primary N) is 1. The summed E-state index contributed by atoms with van der Waals surface area (Å²) in [6, 6.07) is 4.88. The van der Waals surface area contributed by atoms with Crippen LogP contribution in [-0.4, -0.2) is 48.6 Å². The number of amides is 2. The van der Waals surface area contributed by atoms with E-state index in [1.165, 1.54) is 0 Å². The number of nitrogens with one attached hydrogen (secondary N) is 1. The Kier molecular flexibility index (Phi) is 8.15. The van der Waals surface area contributed by atoms with Crippen molar-refractivity contribution < 1.29 is 14.3 Å². The van der Waals surface area contributed by atoms with Crippen molar-refractivity contribution in [2.75, 3.05) is 31.6 Å². The molecule has 2 amide bonds. The molecule has 140 valence electrons. The van der Waals surface area contributed by atoms with Gasteiger partial charge < -0.3 is 20.7 Å². The minimum atomic E-state index is -0.930. The summed E-state index contributed by atoms with van der Waals surface area (Å²) >= 11 is 6.24. The second-order valence-corrected chi connectivity index (χ2v) is 6.30. The molecule has 1 fully saturated rings. The third-order valence-electron chi connectivity index (χ3n) is 4.35. The normalized spacial score (nSPS) is 15.8. The van der Waals surface area contributed by atoms with E-state index in [4.69, 9.17) is 22.1 Å². The summed E-state index contributed by atoms with van der Waals surface area (Å²) in [7, 11) is 0. The molecule has 0 spiro atoms. The van der Waals surface area contributed by atoms with Crippen LogP contribution in [0.1, 0.15) is 37.0 Å². The van der Waals surface area contributed by atoms with E-state index in [9.17, 15) is 9.59 Å². The molecule has 6 nitrogen and oxygen atoms in total. The zero-order chi connectivity index (χ0) is 17.7. The summed E-state index contributed by atoms with van der Waals surface area (Å²) in [5, 5.41) is 3.10. The molecule has 1 saturated heterocycles. The molecule has 8 heteroatoms. The van der Waals surface area contributed by atoms with Crippen molar-refractivity contribution in [2.24, 2.45) is 5.73 Å². The van der Waals surface area contributed by atoms with Crippen LogP contribution >= 0.6 is 24.0 Å². The largest absolute Gasteiger partial charge is 0.381 e. The van der Waals surface area contributed by atoms with Gasteiger partial charge in [0.15, 0.2) is 0 Å². The number of nitrogens with zero attached hydrogens (tertiary/aromatic N) is 1. The SMILES string of the molecule is CCN(CC)C(=O)c1ccc(NC(=O)C2(N)CCOCC2)cc1Cl.Cl. The first-order chi connectivity index (χ1) is 11.4. The van der Waals surface area contributed by atoms with Gasteiger partial charge in [-0.15, -0.1) is 12.4 Å². The highest BCUT2D eigenvalue weighted by molar-refractivity contribution is 6.34. The smallest absolute Gasteiger partial charge is 0.255 e. The summed E-state index contributed by atoms with van der Waals surface area (Å²) in [6.45, 7) is 6.00. The van der Waals surface area contributed by atoms with Gasteiger partial charge >= 0.3 is 0 Å². The molecule has 3 N–H and O–H groups in total. The van der Waals surface area contributed by atoms with E-state index >= 15 is 0 Å². The molecule has 0 aliphatic carbocycles. The molecule has 0 atom stereocenters. The molecule has 1 aliphatic heterocycles. The van der Waals surface area contributed by atoms with Crippen LogP contribution in [-0.2, 0) is 9.53 Å². The lowest BCUT2D eigenvalue weighted by atomic mass is 9.90. The summed E-state index contributed by atoms with van der Waals surface area (Å²) < 4.78 is 5.25. The van der Waals surface area contributed by atoms with E-state index in [1.807, 2.05) is 13.8 Å². The van der Waals surface area contributed by atoms with Gasteiger partial charge in [-0.1, -0.05) is 11.6 Å². The first-order valence-corrected chi connectivity index (χ1v) is 8.56. The standard InChI is InChI=1S/C17H24ClN3O3.ClH/c1-3-21(4-2)15(22)13-6-5-12(11-14(13)18)20-16(23)17(19)7-9-24-10-8-17;/h5-6,11H,3-4,7-10,19H2,1-2H3,(H,20,23);1H. The first kappa shape index (κ1) is 21.7. The van der Waals surface area contributed by atoms with E-state index in [0.29, 0.717) is 55.4 Å². The quantitative estimate of drug-likeness (QED) is 0.810. The molecule has 0 saturated carbocycles. The van der Waals surface area contributed by atoms with Gasteiger partial charge in [0.1, 0.15) is 5.54 Å². The lowest BCUT2D eigenvalue weighted by molar-refractivity contribution is -0.124. The zero-order valence-electron chi connectivity index (χ0n) is 14.5. The molecule has 0 bridgehead atoms. The van der Waals surface area contributed by atoms with E-state index < -0.39 is 5.54 Å². The van der Waals surface area contributed by atoms with Crippen LogP contribution < -0.4 is 11.1 Å². The fraction of sp³-hybridized carbons (Fsp3) is 0.529. The van der Waals surface area contributed by atoms with Crippen LogP contribution in [0.2, 0.25) is 5.02 Å². The second-order valence-electron chi connectivity index (χ2n) is 5.89. The zero-order valence-corrected chi connectivity index (χ0v) is 16.1. The highest BCUT2D eigenvalue weighted by Gasteiger charge is 2.36. The minimum Gasteiger partial charge on any atom is -0.381 e. The third-order valence-corrected chi connectivity index (χ3v) is 4.66. The molecule has 1 aromatic carbocycles. The van der Waals surface area contributed by atoms with Crippen LogP contribution in [0.15, 0.2) is 18.2 Å². The Morgan fingerprint density at radius 2 is 1.88 bits per heavy atom. The van der Waals surface area contributed by atoms with Gasteiger partial charge in [-0.2, -0.15) is 0 Å². The van der Waals surface area contributed by atoms with Crippen LogP contribution in [0.25, 0.3) is 0 Å². The molecular weight excluding hydrogens is 365 g/mol. The minimum absolute atomic E-state index is 0. The summed E-state index contributed by atoms with van der Waals surface area (Å²) in [4.78, 5) is 26.5. The fourth-order valence-electron chi connectivity index (χ4n) is 2.67. The van der Waals surface area contributed by atoms with Crippen LogP contribution in [0, 0.1) is 0 Å². The Morgan fingerprint density at radius 1 is 1.28 bits per heavy atom. The highest BCUT2D eigenvalue weighted by atomic mass is 35.5. The monoisotopic (exact) mass is 389 g/mol. The van der Waals surface area contributed by atoms with Crippen LogP contribution in [0.4, 0.5) is 5.69 Å². The Morgan fingerprint density at radius 3 is 2.40 bits per heavy atom. The summed E-state index contributed by atoms with van der Waals surface area (Å²) in [5.41, 5.74) is 6.17. The van der Waals surface area contributed by atoms with Gasteiger partial charge in [0.25, 0.3) is 5.91 Å². The number of benzene rings is 1. The van der Waals surface area contributed by atoms with Gasteiger partial charge in [-0.3, -0.25) is 9.59 Å². The number of carbonyl (C=O) groups excluding carboxylic acids is 2. The predicted molar refractivity (Wildman–Crippen MR) is 102 cm³/mol. The molecule has 0 unspecified atom stereocenters. The van der Waals surface area contributed by atoms with E-state index in [0.717, 1.165) is 0 Å². The van der Waals surface area contributed by atoms with E-state index in [-0.39, 0.29) is 24.2 Å². The Bertz CT molecular complexity index is 615. The van der Waals surface area contributed by atoms with Gasteiger partial charge in [0.2, 0.25) is 5.91 Å². The first-order valence-electron chi connectivity index (χ1n) is 8.18. The number of carbonyl (C=O) groups is 2. The van der Waals surface area contributed by atoms with Crippen molar-refractivity contribution >= 4 is 41.5 Å². The summed E-state index contributed by atoms with van der Waals surface area (Å²) in [5.74, 6) is -0.382. The average molecular weight is 390 g/mol. The number of ether oxygens (including phenoxy) is 1. The number of halogens is 2. The van der Waals surface area contributed by atoms with Crippen LogP contribution in [0.3, 0.4) is 0 Å². The number of rotatable bonds is 5. The maximum absolute atomic E-state index is 12.4. The molecular formula is C17H25Cl2N3O3. The maximum Gasteiger partial charge on any atom is 0.255 e. The molecule has 25 heavy (non-hydrogen) atoms. The molecule has 1 aromatic rings. The van der Waals surface area contributed by atoms with E-state index in [1.54, 1.807) is 23.1 Å². The molecule has 0 aromatic heterocycles. The van der Waals surface area contributed by atoms with Crippen molar-refractivity contribution in [3.8, 4) is 0 Å². The van der Waals surface area contributed by atoms with Crippen molar-refractivity contribution in [1.82, 2.24) is 4.90 Å². The van der Waals surface area contributed by atoms with Crippen LogP contribution in [0.5, 0.6) is 0 Å². The Hall–Kier alpha value is -1.34. The van der Waals surface area contributed by atoms with Crippen molar-refractivity contribution in [1.29, 1.82) is 0 Å². The number of anilines is 1. The molecule has 2 rings (SSSR count). The number of hydrogen-bond acceptors (Lipinski definition) is 4. The van der Waals surface area contributed by atoms with Gasteiger partial charge in [-0.05, 0) is 44.9 Å². The lowest BCUT2D eigenvalue weighted by Crippen LogP contribution is -2.54. The van der Waals surface area contributed by atoms with Crippen molar-refractivity contribution in [3.63, 3.8) is 0 Å². The lowest BCUT2D eigenvalue weighted by Gasteiger charge is -2.31. The predicted octanol–water partition coefficient (Wildman–Crippen LogP) is 2.69. The summed E-state index contributed by atoms with van der Waals surface area (Å²) in [6.07, 6.45) is 0.955. The van der Waals surface area contributed by atoms with Gasteiger partial charge in [-0.25, -0.2) is 0 Å². The molecule has 1 aliphatic rings. The number of hydrogen-bond donors (Lipinski definition) is 2.